The summed E-state index contributed by atoms with van der Waals surface area (Å²) in [6.45, 7) is 6.68. The molecule has 0 aliphatic heterocycles. The lowest BCUT2D eigenvalue weighted by Crippen LogP contribution is -2.02. The first kappa shape index (κ1) is 13.6. The highest BCUT2D eigenvalue weighted by Gasteiger charge is 2.09. The van der Waals surface area contributed by atoms with Crippen LogP contribution < -0.4 is 4.74 Å². The molecular formula is C17H20O2. The number of hydrogen-bond acceptors (Lipinski definition) is 2. The van der Waals surface area contributed by atoms with E-state index in [1.807, 2.05) is 19.1 Å². The van der Waals surface area contributed by atoms with E-state index in [9.17, 15) is 5.11 Å². The van der Waals surface area contributed by atoms with Gasteiger partial charge < -0.3 is 9.84 Å². The Labute approximate surface area is 114 Å². The molecule has 0 bridgehead atoms. The van der Waals surface area contributed by atoms with Crippen LogP contribution in [0.25, 0.3) is 0 Å². The standard InChI is InChI=1S/C17H20O2/c1-12-4-7-15(8-5-12)11-19-17-14(3)13(2)6-9-16(17)10-18/h4-9,18H,10-11H2,1-3H3. The van der Waals surface area contributed by atoms with Crippen molar-refractivity contribution in [2.45, 2.75) is 34.0 Å². The van der Waals surface area contributed by atoms with Crippen molar-refractivity contribution in [2.75, 3.05) is 0 Å². The number of aryl methyl sites for hydroxylation is 2. The van der Waals surface area contributed by atoms with Crippen LogP contribution in [0.15, 0.2) is 36.4 Å². The first-order chi connectivity index (χ1) is 9.11. The van der Waals surface area contributed by atoms with Crippen molar-refractivity contribution in [1.29, 1.82) is 0 Å². The highest BCUT2D eigenvalue weighted by Crippen LogP contribution is 2.27. The van der Waals surface area contributed by atoms with Gasteiger partial charge in [-0.05, 0) is 37.5 Å². The van der Waals surface area contributed by atoms with Crippen molar-refractivity contribution in [3.8, 4) is 5.75 Å². The highest BCUT2D eigenvalue weighted by atomic mass is 16.5. The van der Waals surface area contributed by atoms with E-state index in [4.69, 9.17) is 4.74 Å². The molecule has 0 fully saturated rings. The molecule has 2 heteroatoms. The minimum atomic E-state index is 0.00432. The fourth-order valence-electron chi connectivity index (χ4n) is 2.01. The molecule has 2 aromatic carbocycles. The molecule has 1 N–H and O–H groups in total. The first-order valence-electron chi connectivity index (χ1n) is 6.50. The van der Waals surface area contributed by atoms with Gasteiger partial charge in [-0.1, -0.05) is 42.0 Å². The van der Waals surface area contributed by atoms with Crippen LogP contribution in [-0.2, 0) is 13.2 Å². The van der Waals surface area contributed by atoms with E-state index in [1.54, 1.807) is 0 Å². The minimum absolute atomic E-state index is 0.00432. The molecule has 0 aliphatic rings. The number of aliphatic hydroxyl groups is 1. The molecule has 2 rings (SSSR count). The minimum Gasteiger partial charge on any atom is -0.488 e. The maximum Gasteiger partial charge on any atom is 0.128 e. The summed E-state index contributed by atoms with van der Waals surface area (Å²) in [5.74, 6) is 0.808. The van der Waals surface area contributed by atoms with Crippen LogP contribution in [0.2, 0.25) is 0 Å². The summed E-state index contributed by atoms with van der Waals surface area (Å²) in [4.78, 5) is 0. The summed E-state index contributed by atoms with van der Waals surface area (Å²) in [7, 11) is 0. The Morgan fingerprint density at radius 1 is 0.947 bits per heavy atom. The second-order valence-corrected chi connectivity index (χ2v) is 4.93. The molecule has 100 valence electrons. The lowest BCUT2D eigenvalue weighted by atomic mass is 10.0. The summed E-state index contributed by atoms with van der Waals surface area (Å²) in [5.41, 5.74) is 5.49. The molecule has 19 heavy (non-hydrogen) atoms. The topological polar surface area (TPSA) is 29.5 Å². The van der Waals surface area contributed by atoms with E-state index in [1.165, 1.54) is 11.1 Å². The van der Waals surface area contributed by atoms with E-state index in [0.29, 0.717) is 6.61 Å². The van der Waals surface area contributed by atoms with E-state index < -0.39 is 0 Å². The maximum absolute atomic E-state index is 9.39. The van der Waals surface area contributed by atoms with E-state index >= 15 is 0 Å². The molecule has 0 saturated heterocycles. The summed E-state index contributed by atoms with van der Waals surface area (Å²) in [6.07, 6.45) is 0. The largest absolute Gasteiger partial charge is 0.488 e. The van der Waals surface area contributed by atoms with Crippen LogP contribution >= 0.6 is 0 Å². The Morgan fingerprint density at radius 2 is 1.63 bits per heavy atom. The predicted molar refractivity (Wildman–Crippen MR) is 77.3 cm³/mol. The summed E-state index contributed by atoms with van der Waals surface area (Å²) < 4.78 is 5.91. The van der Waals surface area contributed by atoms with Crippen LogP contribution in [0.1, 0.15) is 27.8 Å². The number of rotatable bonds is 4. The average Bonchev–Trinajstić information content (AvgIpc) is 2.42. The summed E-state index contributed by atoms with van der Waals surface area (Å²) in [6, 6.07) is 12.2. The van der Waals surface area contributed by atoms with Gasteiger partial charge in [0.2, 0.25) is 0 Å². The number of hydrogen-bond donors (Lipinski definition) is 1. The second kappa shape index (κ2) is 5.89. The van der Waals surface area contributed by atoms with Gasteiger partial charge in [0, 0.05) is 5.56 Å². The van der Waals surface area contributed by atoms with Gasteiger partial charge in [0.25, 0.3) is 0 Å². The van der Waals surface area contributed by atoms with Crippen LogP contribution in [0.4, 0.5) is 0 Å². The molecule has 0 aliphatic carbocycles. The predicted octanol–water partition coefficient (Wildman–Crippen LogP) is 3.68. The zero-order chi connectivity index (χ0) is 13.8. The zero-order valence-corrected chi connectivity index (χ0v) is 11.7. The zero-order valence-electron chi connectivity index (χ0n) is 11.7. The normalized spacial score (nSPS) is 10.5. The summed E-state index contributed by atoms with van der Waals surface area (Å²) >= 11 is 0. The number of ether oxygens (including phenoxy) is 1. The highest BCUT2D eigenvalue weighted by molar-refractivity contribution is 5.45. The smallest absolute Gasteiger partial charge is 0.128 e. The van der Waals surface area contributed by atoms with Gasteiger partial charge in [-0.25, -0.2) is 0 Å². The Kier molecular flexibility index (Phi) is 4.23. The van der Waals surface area contributed by atoms with Crippen molar-refractivity contribution in [3.05, 3.63) is 64.2 Å². The van der Waals surface area contributed by atoms with Gasteiger partial charge in [-0.15, -0.1) is 0 Å². The molecule has 0 radical (unpaired) electrons. The third-order valence-electron chi connectivity index (χ3n) is 3.43. The molecule has 0 saturated carbocycles. The molecule has 2 nitrogen and oxygen atoms in total. The number of benzene rings is 2. The SMILES string of the molecule is Cc1ccc(COc2c(CO)ccc(C)c2C)cc1. The monoisotopic (exact) mass is 256 g/mol. The third-order valence-corrected chi connectivity index (χ3v) is 3.43. The van der Waals surface area contributed by atoms with Crippen molar-refractivity contribution in [2.24, 2.45) is 0 Å². The van der Waals surface area contributed by atoms with Crippen LogP contribution in [0, 0.1) is 20.8 Å². The number of aliphatic hydroxyl groups excluding tert-OH is 1. The molecule has 0 heterocycles. The fraction of sp³-hybridized carbons (Fsp3) is 0.294. The van der Waals surface area contributed by atoms with Gasteiger partial charge >= 0.3 is 0 Å². The fourth-order valence-corrected chi connectivity index (χ4v) is 2.01. The summed E-state index contributed by atoms with van der Waals surface area (Å²) in [5, 5.41) is 9.39. The van der Waals surface area contributed by atoms with Crippen molar-refractivity contribution in [1.82, 2.24) is 0 Å². The molecular weight excluding hydrogens is 236 g/mol. The lowest BCUT2D eigenvalue weighted by molar-refractivity contribution is 0.258. The average molecular weight is 256 g/mol. The molecule has 0 unspecified atom stereocenters. The third kappa shape index (κ3) is 3.15. The molecule has 0 spiro atoms. The molecule has 0 atom stereocenters. The van der Waals surface area contributed by atoms with Gasteiger partial charge in [0.1, 0.15) is 12.4 Å². The maximum atomic E-state index is 9.39. The second-order valence-electron chi connectivity index (χ2n) is 4.93. The van der Waals surface area contributed by atoms with E-state index in [2.05, 4.69) is 38.1 Å². The lowest BCUT2D eigenvalue weighted by Gasteiger charge is -2.15. The first-order valence-corrected chi connectivity index (χ1v) is 6.50. The molecule has 2 aromatic rings. The molecule has 0 aromatic heterocycles. The quantitative estimate of drug-likeness (QED) is 0.904. The van der Waals surface area contributed by atoms with Gasteiger partial charge in [-0.2, -0.15) is 0 Å². The Morgan fingerprint density at radius 3 is 2.26 bits per heavy atom. The van der Waals surface area contributed by atoms with E-state index in [0.717, 1.165) is 22.4 Å². The van der Waals surface area contributed by atoms with Gasteiger partial charge in [0.05, 0.1) is 6.61 Å². The van der Waals surface area contributed by atoms with Crippen LogP contribution in [0.5, 0.6) is 5.75 Å². The van der Waals surface area contributed by atoms with Crippen molar-refractivity contribution in [3.63, 3.8) is 0 Å². The molecule has 0 amide bonds. The van der Waals surface area contributed by atoms with Crippen LogP contribution in [-0.4, -0.2) is 5.11 Å². The van der Waals surface area contributed by atoms with Gasteiger partial charge in [-0.3, -0.25) is 0 Å². The van der Waals surface area contributed by atoms with Crippen molar-refractivity contribution >= 4 is 0 Å². The Hall–Kier alpha value is -1.80. The van der Waals surface area contributed by atoms with Crippen LogP contribution in [0.3, 0.4) is 0 Å². The Balaban J connectivity index is 2.19. The van der Waals surface area contributed by atoms with E-state index in [-0.39, 0.29) is 6.61 Å². The van der Waals surface area contributed by atoms with Gasteiger partial charge in [0.15, 0.2) is 0 Å². The van der Waals surface area contributed by atoms with Crippen molar-refractivity contribution < 1.29 is 9.84 Å². The Bertz CT molecular complexity index is 556.